The summed E-state index contributed by atoms with van der Waals surface area (Å²) in [6.07, 6.45) is 0.946. The van der Waals surface area contributed by atoms with E-state index in [0.717, 1.165) is 0 Å². The number of azide groups is 2. The molecular weight excluding hydrogens is 414 g/mol. The molecule has 0 fully saturated rings. The highest BCUT2D eigenvalue weighted by Crippen LogP contribution is 2.23. The number of amides is 1. The number of carboxylic acids is 1. The Hall–Kier alpha value is -3.59. The van der Waals surface area contributed by atoms with Gasteiger partial charge in [0.05, 0.1) is 0 Å². The lowest BCUT2D eigenvalue weighted by molar-refractivity contribution is -0.191. The molecule has 0 unspecified atom stereocenters. The van der Waals surface area contributed by atoms with E-state index < -0.39 is 18.1 Å². The molecule has 1 amide bonds. The van der Waals surface area contributed by atoms with E-state index in [1.54, 1.807) is 0 Å². The maximum Gasteiger partial charge on any atom is 0.373 e. The molecule has 0 spiro atoms. The fourth-order valence-corrected chi connectivity index (χ4v) is 1.80. The van der Waals surface area contributed by atoms with Crippen molar-refractivity contribution in [2.75, 3.05) is 13.1 Å². The zero-order valence-electron chi connectivity index (χ0n) is 18.5. The van der Waals surface area contributed by atoms with Crippen LogP contribution in [0.3, 0.4) is 0 Å². The number of carboxylic acid groups (broad SMARTS) is 1. The highest BCUT2D eigenvalue weighted by molar-refractivity contribution is 5.78. The summed E-state index contributed by atoms with van der Waals surface area (Å²) in [7, 11) is 0. The van der Waals surface area contributed by atoms with Gasteiger partial charge in [0.2, 0.25) is 5.91 Å². The van der Waals surface area contributed by atoms with Crippen LogP contribution in [0.25, 0.3) is 20.9 Å². The van der Waals surface area contributed by atoms with Crippen molar-refractivity contribution >= 4 is 24.0 Å². The van der Waals surface area contributed by atoms with E-state index in [1.807, 2.05) is 41.5 Å². The van der Waals surface area contributed by atoms with Crippen molar-refractivity contribution < 1.29 is 33.8 Å². The fraction of sp³-hybridized carbons (Fsp3) is 0.765. The number of aliphatic carboxylic acids is 1. The van der Waals surface area contributed by atoms with Gasteiger partial charge < -0.3 is 15.2 Å². The minimum Gasteiger partial charge on any atom is -0.481 e. The largest absolute Gasteiger partial charge is 0.481 e. The first-order valence-electron chi connectivity index (χ1n) is 8.88. The summed E-state index contributed by atoms with van der Waals surface area (Å²) in [5.41, 5.74) is 15.0. The van der Waals surface area contributed by atoms with Crippen LogP contribution >= 0.6 is 0 Å². The summed E-state index contributed by atoms with van der Waals surface area (Å²) in [5.74, 6) is -1.75. The molecule has 0 aromatic heterocycles. The third-order valence-electron chi connectivity index (χ3n) is 2.98. The lowest BCUT2D eigenvalue weighted by Crippen LogP contribution is -2.45. The van der Waals surface area contributed by atoms with Crippen LogP contribution < -0.4 is 5.32 Å². The number of hydrogen-bond donors (Lipinski definition) is 2. The van der Waals surface area contributed by atoms with E-state index in [1.165, 1.54) is 0 Å². The van der Waals surface area contributed by atoms with E-state index in [9.17, 15) is 14.4 Å². The Kier molecular flexibility index (Phi) is 17.9. The number of hydrogen-bond acceptors (Lipinski definition) is 8. The van der Waals surface area contributed by atoms with Crippen molar-refractivity contribution in [3.63, 3.8) is 0 Å². The van der Waals surface area contributed by atoms with Gasteiger partial charge in [-0.3, -0.25) is 14.4 Å². The molecule has 0 aromatic rings. The maximum absolute atomic E-state index is 11.7. The molecular formula is C17H29N7O7. The zero-order valence-corrected chi connectivity index (χ0v) is 18.5. The molecule has 31 heavy (non-hydrogen) atoms. The predicted octanol–water partition coefficient (Wildman–Crippen LogP) is 2.75. The van der Waals surface area contributed by atoms with Crippen LogP contribution in [0.4, 0.5) is 0 Å². The zero-order chi connectivity index (χ0) is 25.1. The van der Waals surface area contributed by atoms with E-state index in [4.69, 9.17) is 30.5 Å². The number of carbonyl (C=O) groups excluding carboxylic acids is 4. The summed E-state index contributed by atoms with van der Waals surface area (Å²) in [6, 6.07) is -0.202. The fourth-order valence-electron chi connectivity index (χ4n) is 1.80. The van der Waals surface area contributed by atoms with Gasteiger partial charge in [0, 0.05) is 22.3 Å². The lowest BCUT2D eigenvalue weighted by Gasteiger charge is -2.31. The van der Waals surface area contributed by atoms with Gasteiger partial charge in [-0.25, -0.2) is 0 Å². The Morgan fingerprint density at radius 3 is 1.81 bits per heavy atom. The summed E-state index contributed by atoms with van der Waals surface area (Å²) >= 11 is 0. The first-order chi connectivity index (χ1) is 14.1. The second-order valence-electron chi connectivity index (χ2n) is 7.87. The molecule has 0 aliphatic heterocycles. The number of nitrogens with zero attached hydrogens (tertiary/aromatic N) is 6. The molecule has 0 heterocycles. The molecule has 0 aliphatic rings. The van der Waals surface area contributed by atoms with E-state index in [2.05, 4.69) is 25.4 Å². The van der Waals surface area contributed by atoms with Crippen molar-refractivity contribution in [3.8, 4) is 0 Å². The van der Waals surface area contributed by atoms with Crippen molar-refractivity contribution in [1.29, 1.82) is 0 Å². The van der Waals surface area contributed by atoms with Gasteiger partial charge in [-0.15, -0.1) is 0 Å². The Morgan fingerprint density at radius 1 is 1.03 bits per heavy atom. The number of nitrogens with one attached hydrogen (secondary N) is 1. The molecule has 0 rings (SSSR count). The summed E-state index contributed by atoms with van der Waals surface area (Å²) < 4.78 is 5.25. The van der Waals surface area contributed by atoms with Crippen LogP contribution in [0.15, 0.2) is 10.2 Å². The molecule has 2 N–H and O–H groups in total. The van der Waals surface area contributed by atoms with Crippen molar-refractivity contribution in [1.82, 2.24) is 5.32 Å². The molecule has 1 atom stereocenters. The molecule has 0 radical (unpaired) electrons. The second-order valence-corrected chi connectivity index (χ2v) is 7.87. The van der Waals surface area contributed by atoms with Crippen LogP contribution in [-0.2, 0) is 28.7 Å². The van der Waals surface area contributed by atoms with Gasteiger partial charge in [0.1, 0.15) is 18.7 Å². The van der Waals surface area contributed by atoms with Crippen LogP contribution in [0, 0.1) is 5.41 Å². The number of ether oxygens (including phenoxy) is 1. The summed E-state index contributed by atoms with van der Waals surface area (Å²) in [6.45, 7) is 10.6. The smallest absolute Gasteiger partial charge is 0.373 e. The highest BCUT2D eigenvalue weighted by Gasteiger charge is 2.27. The van der Waals surface area contributed by atoms with Gasteiger partial charge >= 0.3 is 18.1 Å². The summed E-state index contributed by atoms with van der Waals surface area (Å²) in [4.78, 5) is 53.9. The minimum absolute atomic E-state index is 0.202. The molecule has 0 saturated heterocycles. The highest BCUT2D eigenvalue weighted by atomic mass is 16.6. The van der Waals surface area contributed by atoms with Crippen molar-refractivity contribution in [2.24, 2.45) is 15.6 Å². The van der Waals surface area contributed by atoms with Crippen molar-refractivity contribution in [2.45, 2.75) is 66.0 Å². The first kappa shape index (κ1) is 32.1. The Morgan fingerprint density at radius 2 is 1.48 bits per heavy atom. The molecule has 0 bridgehead atoms. The lowest BCUT2D eigenvalue weighted by atomic mass is 9.84. The van der Waals surface area contributed by atoms with E-state index >= 15 is 0 Å². The van der Waals surface area contributed by atoms with Crippen LogP contribution in [0.1, 0.15) is 54.4 Å². The normalized spacial score (nSPS) is 10.6. The molecule has 174 valence electrons. The average molecular weight is 443 g/mol. The van der Waals surface area contributed by atoms with Gasteiger partial charge in [0.25, 0.3) is 0 Å². The van der Waals surface area contributed by atoms with Crippen molar-refractivity contribution in [3.05, 3.63) is 20.9 Å². The first-order valence-corrected chi connectivity index (χ1v) is 8.88. The summed E-state index contributed by atoms with van der Waals surface area (Å²) in [5, 5.41) is 16.6. The molecule has 14 heteroatoms. The number of rotatable bonds is 8. The molecule has 0 saturated carbocycles. The van der Waals surface area contributed by atoms with E-state index in [-0.39, 0.29) is 42.5 Å². The van der Waals surface area contributed by atoms with Crippen LogP contribution in [0.5, 0.6) is 0 Å². The third-order valence-corrected chi connectivity index (χ3v) is 2.98. The van der Waals surface area contributed by atoms with Gasteiger partial charge in [-0.05, 0) is 43.7 Å². The van der Waals surface area contributed by atoms with E-state index in [0.29, 0.717) is 6.42 Å². The predicted molar refractivity (Wildman–Crippen MR) is 107 cm³/mol. The topological polar surface area (TPSA) is 224 Å². The second kappa shape index (κ2) is 17.3. The molecule has 0 aliphatic carbocycles. The Balaban J connectivity index is -0.000000650. The molecule has 14 nitrogen and oxygen atoms in total. The number of esters is 1. The third kappa shape index (κ3) is 26.4. The Labute approximate surface area is 179 Å². The quantitative estimate of drug-likeness (QED) is 0.246. The van der Waals surface area contributed by atoms with Gasteiger partial charge in [-0.2, -0.15) is 9.59 Å². The van der Waals surface area contributed by atoms with Gasteiger partial charge in [0.15, 0.2) is 0 Å². The Bertz CT molecular complexity index is 707. The maximum atomic E-state index is 11.7. The average Bonchev–Trinajstić information content (AvgIpc) is 2.60. The monoisotopic (exact) mass is 443 g/mol. The SMILES string of the molecule is CC(C)(C)OC(=O)CC[C@H](NC(=O)CN=[N+]=[N-])C(C)(C)C.O=C=O.[N-]=[N+]=NCC(=O)O. The number of carbonyl (C=O) groups is 3. The van der Waals surface area contributed by atoms with Gasteiger partial charge in [-0.1, -0.05) is 31.0 Å². The standard InChI is InChI=1S/C14H26N4O3.C2H3N3O2.CO2/c1-13(2,3)10(17-11(19)9-16-18-15)7-8-12(20)21-14(4,5)6;3-5-4-1-2(6)7;2-1-3/h10H,7-9H2,1-6H3,(H,17,19);1H2,(H,6,7);/t10-;;/m0../s1. The van der Waals surface area contributed by atoms with Crippen LogP contribution in [0.2, 0.25) is 0 Å². The van der Waals surface area contributed by atoms with Crippen LogP contribution in [-0.4, -0.2) is 53.8 Å². The molecule has 0 aromatic carbocycles. The minimum atomic E-state index is -1.11.